The summed E-state index contributed by atoms with van der Waals surface area (Å²) in [5, 5.41) is 9.77. The van der Waals surface area contributed by atoms with Gasteiger partial charge in [-0.3, -0.25) is 0 Å². The summed E-state index contributed by atoms with van der Waals surface area (Å²) in [5.41, 5.74) is 10.9. The summed E-state index contributed by atoms with van der Waals surface area (Å²) in [5.74, 6) is 0.956. The molecule has 0 saturated heterocycles. The topological polar surface area (TPSA) is 25.8 Å². The Hall–Kier alpha value is -2.48. The molecule has 0 N–H and O–H groups in total. The first-order chi connectivity index (χ1) is 13.8. The lowest BCUT2D eigenvalue weighted by atomic mass is 9.72. The third-order valence-electron chi connectivity index (χ3n) is 6.58. The first-order valence-corrected chi connectivity index (χ1v) is 10.9. The lowest BCUT2D eigenvalue weighted by Crippen LogP contribution is -2.21. The van der Waals surface area contributed by atoms with Gasteiger partial charge in [-0.05, 0) is 47.9 Å². The van der Waals surface area contributed by atoms with Crippen molar-refractivity contribution in [2.45, 2.75) is 64.2 Å². The maximum absolute atomic E-state index is 4.89. The first kappa shape index (κ1) is 17.6. The Balaban J connectivity index is 1.83. The summed E-state index contributed by atoms with van der Waals surface area (Å²) < 4.78 is 0. The van der Waals surface area contributed by atoms with Crippen LogP contribution in [0.4, 0.5) is 0 Å². The maximum Gasteiger partial charge on any atom is 0.0750 e. The van der Waals surface area contributed by atoms with Crippen LogP contribution in [0.2, 0.25) is 0 Å². The highest BCUT2D eigenvalue weighted by molar-refractivity contribution is 5.91. The molecule has 142 valence electrons. The minimum atomic E-state index is 0.478. The number of nitrogens with zero attached hydrogens (tertiary/aromatic N) is 2. The smallest absolute Gasteiger partial charge is 0.0750 e. The summed E-state index contributed by atoms with van der Waals surface area (Å²) in [7, 11) is 0. The fourth-order valence-electron chi connectivity index (χ4n) is 5.36. The van der Waals surface area contributed by atoms with E-state index >= 15 is 0 Å². The van der Waals surface area contributed by atoms with E-state index in [1.54, 1.807) is 0 Å². The van der Waals surface area contributed by atoms with Crippen LogP contribution in [0.15, 0.2) is 48.5 Å². The van der Waals surface area contributed by atoms with Gasteiger partial charge in [-0.15, -0.1) is 0 Å². The Kier molecular flexibility index (Phi) is 4.50. The normalized spacial score (nSPS) is 19.4. The summed E-state index contributed by atoms with van der Waals surface area (Å²) in [6, 6.07) is 17.9. The van der Waals surface area contributed by atoms with Crippen molar-refractivity contribution in [3.05, 3.63) is 71.0 Å². The van der Waals surface area contributed by atoms with Gasteiger partial charge in [0.05, 0.1) is 11.4 Å². The van der Waals surface area contributed by atoms with Crippen molar-refractivity contribution < 1.29 is 0 Å². The minimum absolute atomic E-state index is 0.478. The number of aromatic nitrogens is 2. The van der Waals surface area contributed by atoms with Crippen LogP contribution in [0.5, 0.6) is 0 Å². The highest BCUT2D eigenvalue weighted by atomic mass is 15.1. The largest absolute Gasteiger partial charge is 0.154 e. The van der Waals surface area contributed by atoms with Crippen LogP contribution in [0.25, 0.3) is 22.3 Å². The number of hydrogen-bond donors (Lipinski definition) is 0. The quantitative estimate of drug-likeness (QED) is 0.512. The minimum Gasteiger partial charge on any atom is -0.154 e. The molecule has 0 bridgehead atoms. The molecule has 2 unspecified atom stereocenters. The van der Waals surface area contributed by atoms with E-state index in [2.05, 4.69) is 62.4 Å². The van der Waals surface area contributed by atoms with E-state index in [-0.39, 0.29) is 0 Å². The van der Waals surface area contributed by atoms with Crippen LogP contribution in [-0.4, -0.2) is 10.2 Å². The maximum atomic E-state index is 4.89. The molecular formula is C26H28N2. The predicted octanol–water partition coefficient (Wildman–Crippen LogP) is 6.69. The van der Waals surface area contributed by atoms with Gasteiger partial charge < -0.3 is 0 Å². The molecule has 3 aromatic rings. The number of benzene rings is 2. The summed E-state index contributed by atoms with van der Waals surface area (Å²) in [4.78, 5) is 0. The van der Waals surface area contributed by atoms with Crippen molar-refractivity contribution in [1.29, 1.82) is 0 Å². The van der Waals surface area contributed by atoms with Crippen LogP contribution >= 0.6 is 0 Å². The van der Waals surface area contributed by atoms with Gasteiger partial charge in [0, 0.05) is 23.0 Å². The molecule has 2 heteroatoms. The van der Waals surface area contributed by atoms with Gasteiger partial charge in [-0.2, -0.15) is 10.2 Å². The second-order valence-electron chi connectivity index (χ2n) is 8.41. The second kappa shape index (κ2) is 7.16. The third-order valence-corrected chi connectivity index (χ3v) is 6.58. The summed E-state index contributed by atoms with van der Waals surface area (Å²) in [6.07, 6.45) is 6.89. The monoisotopic (exact) mass is 368 g/mol. The molecule has 0 aliphatic heterocycles. The Morgan fingerprint density at radius 1 is 0.679 bits per heavy atom. The molecule has 2 nitrogen and oxygen atoms in total. The van der Waals surface area contributed by atoms with Crippen LogP contribution in [0.1, 0.15) is 73.9 Å². The molecular weight excluding hydrogens is 340 g/mol. The molecule has 0 spiro atoms. The van der Waals surface area contributed by atoms with Gasteiger partial charge in [0.2, 0.25) is 0 Å². The lowest BCUT2D eigenvalue weighted by molar-refractivity contribution is 0.556. The fourth-order valence-corrected chi connectivity index (χ4v) is 5.36. The average Bonchev–Trinajstić information content (AvgIpc) is 2.73. The van der Waals surface area contributed by atoms with Gasteiger partial charge in [0.1, 0.15) is 0 Å². The summed E-state index contributed by atoms with van der Waals surface area (Å²) >= 11 is 0. The second-order valence-corrected chi connectivity index (χ2v) is 8.41. The molecule has 0 saturated carbocycles. The van der Waals surface area contributed by atoms with E-state index in [9.17, 15) is 0 Å². The lowest BCUT2D eigenvalue weighted by Gasteiger charge is -2.33. The van der Waals surface area contributed by atoms with Crippen molar-refractivity contribution in [3.63, 3.8) is 0 Å². The van der Waals surface area contributed by atoms with E-state index in [0.717, 1.165) is 12.8 Å². The zero-order valence-electron chi connectivity index (χ0n) is 16.9. The molecule has 2 aliphatic carbocycles. The number of fused-ring (bicyclic) bond motifs is 7. The standard InChI is InChI=1S/C26H28N2/c1-3-9-19-15-17-11-5-7-13-21(17)23-24-22-14-8-6-12-18(22)16-20(10-4-2)26(24)28-27-25(19)23/h5-8,11-14,19-20H,3-4,9-10,15-16H2,1-2H3. The molecule has 0 amide bonds. The molecule has 5 rings (SSSR count). The SMILES string of the molecule is CCCC1Cc2ccccc2-c2c1nnc1c2-c2ccccc2CC1CCC. The zero-order chi connectivity index (χ0) is 19.1. The Morgan fingerprint density at radius 3 is 1.54 bits per heavy atom. The molecule has 28 heavy (non-hydrogen) atoms. The van der Waals surface area contributed by atoms with Crippen molar-refractivity contribution in [1.82, 2.24) is 10.2 Å². The molecule has 1 heterocycles. The van der Waals surface area contributed by atoms with Gasteiger partial charge in [0.15, 0.2) is 0 Å². The Bertz CT molecular complexity index is 938. The van der Waals surface area contributed by atoms with Crippen molar-refractivity contribution in [2.75, 3.05) is 0 Å². The van der Waals surface area contributed by atoms with Crippen molar-refractivity contribution in [2.24, 2.45) is 0 Å². The van der Waals surface area contributed by atoms with Crippen LogP contribution in [-0.2, 0) is 12.8 Å². The molecule has 0 fully saturated rings. The molecule has 2 aliphatic rings. The third kappa shape index (κ3) is 2.70. The molecule has 2 aromatic carbocycles. The first-order valence-electron chi connectivity index (χ1n) is 10.9. The van der Waals surface area contributed by atoms with Gasteiger partial charge in [0.25, 0.3) is 0 Å². The van der Waals surface area contributed by atoms with Gasteiger partial charge in [-0.25, -0.2) is 0 Å². The molecule has 1 aromatic heterocycles. The van der Waals surface area contributed by atoms with Crippen molar-refractivity contribution in [3.8, 4) is 22.3 Å². The van der Waals surface area contributed by atoms with E-state index in [0.29, 0.717) is 11.8 Å². The van der Waals surface area contributed by atoms with Gasteiger partial charge >= 0.3 is 0 Å². The van der Waals surface area contributed by atoms with Crippen LogP contribution in [0, 0.1) is 0 Å². The fraction of sp³-hybridized carbons (Fsp3) is 0.385. The van der Waals surface area contributed by atoms with E-state index in [4.69, 9.17) is 10.2 Å². The predicted molar refractivity (Wildman–Crippen MR) is 116 cm³/mol. The van der Waals surface area contributed by atoms with Gasteiger partial charge in [-0.1, -0.05) is 75.2 Å². The van der Waals surface area contributed by atoms with E-state index in [1.165, 1.54) is 70.5 Å². The number of hydrogen-bond acceptors (Lipinski definition) is 2. The molecule has 0 radical (unpaired) electrons. The Morgan fingerprint density at radius 2 is 1.11 bits per heavy atom. The van der Waals surface area contributed by atoms with E-state index < -0.39 is 0 Å². The highest BCUT2D eigenvalue weighted by Gasteiger charge is 2.34. The van der Waals surface area contributed by atoms with Crippen LogP contribution in [0.3, 0.4) is 0 Å². The Labute approximate surface area is 168 Å². The van der Waals surface area contributed by atoms with Crippen LogP contribution < -0.4 is 0 Å². The van der Waals surface area contributed by atoms with E-state index in [1.807, 2.05) is 0 Å². The highest BCUT2D eigenvalue weighted by Crippen LogP contribution is 2.50. The number of rotatable bonds is 4. The summed E-state index contributed by atoms with van der Waals surface area (Å²) in [6.45, 7) is 4.55. The zero-order valence-corrected chi connectivity index (χ0v) is 16.9. The van der Waals surface area contributed by atoms with Crippen molar-refractivity contribution >= 4 is 0 Å². The average molecular weight is 369 g/mol. The molecule has 2 atom stereocenters.